The fourth-order valence-corrected chi connectivity index (χ4v) is 2.58. The molecule has 0 saturated carbocycles. The lowest BCUT2D eigenvalue weighted by molar-refractivity contribution is 0.103. The van der Waals surface area contributed by atoms with Gasteiger partial charge in [-0.3, -0.25) is 10.1 Å². The van der Waals surface area contributed by atoms with Gasteiger partial charge in [0.05, 0.1) is 19.1 Å². The number of methoxy groups -OCH3 is 1. The first-order chi connectivity index (χ1) is 11.6. The molecule has 7 nitrogen and oxygen atoms in total. The third-order valence-corrected chi connectivity index (χ3v) is 3.68. The van der Waals surface area contributed by atoms with E-state index in [1.165, 1.54) is 31.6 Å². The number of rotatable bonds is 5. The molecule has 0 bridgehead atoms. The fraction of sp³-hybridized carbons (Fsp3) is 0.0625. The van der Waals surface area contributed by atoms with Gasteiger partial charge in [-0.2, -0.15) is 0 Å². The Bertz CT molecular complexity index is 841. The lowest BCUT2D eigenvalue weighted by Gasteiger charge is -1.99. The zero-order chi connectivity index (χ0) is 17.5. The Morgan fingerprint density at radius 1 is 1.54 bits per heavy atom. The van der Waals surface area contributed by atoms with Crippen molar-refractivity contribution in [2.75, 3.05) is 12.4 Å². The number of amides is 1. The maximum absolute atomic E-state index is 12.5. The predicted octanol–water partition coefficient (Wildman–Crippen LogP) is 2.80. The Labute approximate surface area is 141 Å². The average molecular weight is 343 g/mol. The number of ether oxygens (including phenoxy) is 1. The van der Waals surface area contributed by atoms with Crippen molar-refractivity contribution in [2.45, 2.75) is 0 Å². The molecule has 0 unspecified atom stereocenters. The molecule has 0 aromatic carbocycles. The van der Waals surface area contributed by atoms with Crippen LogP contribution in [0.2, 0.25) is 0 Å². The Balaban J connectivity index is 2.42. The summed E-state index contributed by atoms with van der Waals surface area (Å²) in [5, 5.41) is 2.60. The molecule has 0 aliphatic heterocycles. The number of anilines is 1. The van der Waals surface area contributed by atoms with E-state index in [0.29, 0.717) is 5.76 Å². The van der Waals surface area contributed by atoms with E-state index in [4.69, 9.17) is 16.6 Å². The summed E-state index contributed by atoms with van der Waals surface area (Å²) in [6.45, 7) is 0. The van der Waals surface area contributed by atoms with E-state index in [0.717, 1.165) is 11.3 Å². The van der Waals surface area contributed by atoms with Crippen LogP contribution < -0.4 is 11.1 Å². The molecule has 2 rings (SSSR count). The van der Waals surface area contributed by atoms with Crippen molar-refractivity contribution in [3.63, 3.8) is 0 Å². The van der Waals surface area contributed by atoms with Gasteiger partial charge in [0.1, 0.15) is 10.6 Å². The third kappa shape index (κ3) is 3.91. The monoisotopic (exact) mass is 343 g/mol. The van der Waals surface area contributed by atoms with Crippen LogP contribution in [0.25, 0.3) is 11.5 Å². The third-order valence-electron chi connectivity index (χ3n) is 2.71. The van der Waals surface area contributed by atoms with Crippen molar-refractivity contribution in [1.82, 2.24) is 4.98 Å². The second-order valence-electron chi connectivity index (χ2n) is 4.27. The SMILES string of the molecule is C#C/C=C\C=C(/N)C(=O)c1sc(NC(=O)OC)nc1-c1ccco1. The van der Waals surface area contributed by atoms with Gasteiger partial charge in [0.2, 0.25) is 5.78 Å². The number of Topliss-reactive ketones (excluding diaryl/α,β-unsaturated/α-hetero) is 1. The number of hydrogen-bond acceptors (Lipinski definition) is 7. The largest absolute Gasteiger partial charge is 0.463 e. The van der Waals surface area contributed by atoms with Gasteiger partial charge in [-0.1, -0.05) is 23.3 Å². The maximum atomic E-state index is 12.5. The van der Waals surface area contributed by atoms with Gasteiger partial charge in [0.25, 0.3) is 0 Å². The lowest BCUT2D eigenvalue weighted by atomic mass is 10.2. The molecular weight excluding hydrogens is 330 g/mol. The topological polar surface area (TPSA) is 107 Å². The number of furan rings is 1. The highest BCUT2D eigenvalue weighted by Crippen LogP contribution is 2.32. The van der Waals surface area contributed by atoms with Gasteiger partial charge in [-0.15, -0.1) is 6.42 Å². The highest BCUT2D eigenvalue weighted by atomic mass is 32.1. The molecule has 0 fully saturated rings. The molecule has 3 N–H and O–H groups in total. The number of carbonyl (C=O) groups is 2. The van der Waals surface area contributed by atoms with Crippen LogP contribution in [0, 0.1) is 12.3 Å². The maximum Gasteiger partial charge on any atom is 0.413 e. The number of hydrogen-bond donors (Lipinski definition) is 2. The molecule has 0 spiro atoms. The Hall–Kier alpha value is -3.31. The van der Waals surface area contributed by atoms with E-state index in [2.05, 4.69) is 21.0 Å². The molecule has 2 aromatic rings. The van der Waals surface area contributed by atoms with Crippen LogP contribution >= 0.6 is 11.3 Å². The minimum absolute atomic E-state index is 0.0254. The van der Waals surface area contributed by atoms with Crippen molar-refractivity contribution in [3.05, 3.63) is 47.2 Å². The first kappa shape index (κ1) is 17.1. The number of aromatic nitrogens is 1. The van der Waals surface area contributed by atoms with Crippen LogP contribution in [0.3, 0.4) is 0 Å². The minimum Gasteiger partial charge on any atom is -0.463 e. The lowest BCUT2D eigenvalue weighted by Crippen LogP contribution is -2.11. The molecule has 2 heterocycles. The van der Waals surface area contributed by atoms with Crippen LogP contribution in [-0.4, -0.2) is 24.0 Å². The van der Waals surface area contributed by atoms with Gasteiger partial charge < -0.3 is 14.9 Å². The van der Waals surface area contributed by atoms with Crippen LogP contribution in [-0.2, 0) is 4.74 Å². The van der Waals surface area contributed by atoms with Gasteiger partial charge >= 0.3 is 6.09 Å². The van der Waals surface area contributed by atoms with Crippen LogP contribution in [0.4, 0.5) is 9.93 Å². The van der Waals surface area contributed by atoms with Gasteiger partial charge in [0, 0.05) is 0 Å². The van der Waals surface area contributed by atoms with Gasteiger partial charge in [0.15, 0.2) is 10.9 Å². The van der Waals surface area contributed by atoms with Crippen LogP contribution in [0.5, 0.6) is 0 Å². The number of nitrogens with one attached hydrogen (secondary N) is 1. The summed E-state index contributed by atoms with van der Waals surface area (Å²) in [5.41, 5.74) is 6.03. The normalized spacial score (nSPS) is 11.2. The highest BCUT2D eigenvalue weighted by molar-refractivity contribution is 7.18. The number of nitrogens with zero attached hydrogens (tertiary/aromatic N) is 1. The summed E-state index contributed by atoms with van der Waals surface area (Å²) in [6.07, 6.45) is 10.1. The molecule has 0 atom stereocenters. The Kier molecular flexibility index (Phi) is 5.54. The zero-order valence-corrected chi connectivity index (χ0v) is 13.4. The molecule has 1 amide bonds. The second-order valence-corrected chi connectivity index (χ2v) is 5.27. The van der Waals surface area contributed by atoms with Gasteiger partial charge in [-0.25, -0.2) is 9.78 Å². The quantitative estimate of drug-likeness (QED) is 0.374. The fourth-order valence-electron chi connectivity index (χ4n) is 1.66. The molecule has 0 aliphatic rings. The van der Waals surface area contributed by atoms with Crippen molar-refractivity contribution < 1.29 is 18.7 Å². The number of allylic oxidation sites excluding steroid dienone is 4. The number of ketones is 1. The first-order valence-electron chi connectivity index (χ1n) is 6.59. The number of nitrogens with two attached hydrogens (primary N) is 1. The summed E-state index contributed by atoms with van der Waals surface area (Å²) in [6, 6.07) is 3.30. The van der Waals surface area contributed by atoms with E-state index < -0.39 is 11.9 Å². The molecule has 122 valence electrons. The molecule has 0 saturated heterocycles. The van der Waals surface area contributed by atoms with E-state index in [-0.39, 0.29) is 21.4 Å². The van der Waals surface area contributed by atoms with Crippen LogP contribution in [0.15, 0.2) is 46.7 Å². The second kappa shape index (κ2) is 7.80. The van der Waals surface area contributed by atoms with Crippen molar-refractivity contribution in [1.29, 1.82) is 0 Å². The zero-order valence-electron chi connectivity index (χ0n) is 12.6. The summed E-state index contributed by atoms with van der Waals surface area (Å²) < 4.78 is 9.79. The van der Waals surface area contributed by atoms with E-state index >= 15 is 0 Å². The predicted molar refractivity (Wildman–Crippen MR) is 90.4 cm³/mol. The molecule has 8 heteroatoms. The summed E-state index contributed by atoms with van der Waals surface area (Å²) in [5.74, 6) is 2.20. The average Bonchev–Trinajstić information content (AvgIpc) is 3.23. The minimum atomic E-state index is -0.700. The van der Waals surface area contributed by atoms with Crippen LogP contribution in [0.1, 0.15) is 9.67 Å². The van der Waals surface area contributed by atoms with E-state index in [9.17, 15) is 9.59 Å². The molecule has 2 aromatic heterocycles. The smallest absolute Gasteiger partial charge is 0.413 e. The molecule has 24 heavy (non-hydrogen) atoms. The van der Waals surface area contributed by atoms with E-state index in [1.807, 2.05) is 0 Å². The van der Waals surface area contributed by atoms with Gasteiger partial charge in [-0.05, 0) is 24.3 Å². The number of terminal acetylenes is 1. The molecular formula is C16H13N3O4S. The van der Waals surface area contributed by atoms with Crippen molar-refractivity contribution in [3.8, 4) is 23.8 Å². The molecule has 0 radical (unpaired) electrons. The van der Waals surface area contributed by atoms with Crippen molar-refractivity contribution >= 4 is 28.3 Å². The highest BCUT2D eigenvalue weighted by Gasteiger charge is 2.23. The summed E-state index contributed by atoms with van der Waals surface area (Å²) in [7, 11) is 1.22. The Morgan fingerprint density at radius 2 is 2.33 bits per heavy atom. The standard InChI is InChI=1S/C16H13N3O4S/c1-3-4-5-7-10(17)13(20)14-12(11-8-6-9-23-11)18-15(24-14)19-16(21)22-2/h1,4-9H,17H2,2H3,(H,18,19,21)/b5-4-,10-7-. The Morgan fingerprint density at radius 3 is 2.96 bits per heavy atom. The number of carbonyl (C=O) groups excluding carboxylic acids is 2. The summed E-state index contributed by atoms with van der Waals surface area (Å²) in [4.78, 5) is 28.3. The summed E-state index contributed by atoms with van der Waals surface area (Å²) >= 11 is 0.959. The molecule has 0 aliphatic carbocycles. The van der Waals surface area contributed by atoms with E-state index in [1.54, 1.807) is 12.1 Å². The first-order valence-corrected chi connectivity index (χ1v) is 7.41. The number of thiazole rings is 1. The van der Waals surface area contributed by atoms with Crippen molar-refractivity contribution in [2.24, 2.45) is 5.73 Å².